The van der Waals surface area contributed by atoms with Crippen molar-refractivity contribution in [2.75, 3.05) is 0 Å². The fraction of sp³-hybridized carbons (Fsp3) is 0. The minimum Gasteiger partial charge on any atom is -0.744 e. The van der Waals surface area contributed by atoms with Gasteiger partial charge in [0.2, 0.25) is 0 Å². The molecular formula is C16H14FeO6S2. The second-order valence-electron chi connectivity index (χ2n) is 4.41. The third-order valence-electron chi connectivity index (χ3n) is 2.45. The molecule has 0 radical (unpaired) electrons. The summed E-state index contributed by atoms with van der Waals surface area (Å²) in [6.45, 7) is 0. The molecule has 0 fully saturated rings. The van der Waals surface area contributed by atoms with Gasteiger partial charge in [0.1, 0.15) is 20.2 Å². The number of hydrogen-bond donors (Lipinski definition) is 0. The van der Waals surface area contributed by atoms with E-state index in [1.54, 1.807) is 48.5 Å². The first-order chi connectivity index (χ1) is 11.2. The van der Waals surface area contributed by atoms with E-state index in [1.165, 1.54) is 12.2 Å². The molecule has 0 bridgehead atoms. The van der Waals surface area contributed by atoms with E-state index < -0.39 is 20.2 Å². The third-order valence-corrected chi connectivity index (χ3v) is 3.39. The summed E-state index contributed by atoms with van der Waals surface area (Å²) < 4.78 is 61.0. The van der Waals surface area contributed by atoms with Crippen molar-refractivity contribution in [3.8, 4) is 0 Å². The van der Waals surface area contributed by atoms with Crippen molar-refractivity contribution in [1.82, 2.24) is 0 Å². The normalized spacial score (nSPS) is 11.6. The second kappa shape index (κ2) is 11.0. The number of hydrogen-bond acceptors (Lipinski definition) is 6. The fourth-order valence-corrected chi connectivity index (χ4v) is 2.10. The molecule has 0 amide bonds. The Morgan fingerprint density at radius 2 is 0.880 bits per heavy atom. The SMILES string of the molecule is O=S(=O)([O-])C=Cc1ccccc1.O=S(=O)([O-])C=Cc1ccccc1.[Fe+2]. The van der Waals surface area contributed by atoms with Crippen LogP contribution >= 0.6 is 0 Å². The zero-order valence-electron chi connectivity index (χ0n) is 12.7. The molecule has 9 heteroatoms. The van der Waals surface area contributed by atoms with Gasteiger partial charge in [-0.25, -0.2) is 16.8 Å². The predicted molar refractivity (Wildman–Crippen MR) is 90.3 cm³/mol. The summed E-state index contributed by atoms with van der Waals surface area (Å²) in [5.74, 6) is 0. The molecule has 0 unspecified atom stereocenters. The molecule has 2 aromatic rings. The zero-order valence-corrected chi connectivity index (χ0v) is 15.4. The van der Waals surface area contributed by atoms with Gasteiger partial charge in [-0.1, -0.05) is 60.7 Å². The maximum atomic E-state index is 10.2. The maximum absolute atomic E-state index is 10.2. The van der Waals surface area contributed by atoms with Crippen LogP contribution in [0, 0.1) is 0 Å². The van der Waals surface area contributed by atoms with Gasteiger partial charge < -0.3 is 9.11 Å². The molecule has 6 nitrogen and oxygen atoms in total. The Kier molecular flexibility index (Phi) is 10.2. The first kappa shape index (κ1) is 23.3. The molecule has 2 rings (SSSR count). The van der Waals surface area contributed by atoms with Gasteiger partial charge >= 0.3 is 17.1 Å². The average molecular weight is 422 g/mol. The number of rotatable bonds is 4. The summed E-state index contributed by atoms with van der Waals surface area (Å²) in [6, 6.07) is 17.5. The standard InChI is InChI=1S/2C8H8O3S.Fe/c2*9-12(10,11)7-6-8-4-2-1-3-5-8;/h2*1-7H,(H,9,10,11);/q;;+2/p-2. The van der Waals surface area contributed by atoms with Gasteiger partial charge in [0.05, 0.1) is 0 Å². The van der Waals surface area contributed by atoms with Crippen LogP contribution in [-0.2, 0) is 37.3 Å². The molecule has 0 saturated carbocycles. The van der Waals surface area contributed by atoms with E-state index in [4.69, 9.17) is 0 Å². The van der Waals surface area contributed by atoms with Crippen LogP contribution in [0.4, 0.5) is 0 Å². The van der Waals surface area contributed by atoms with Crippen LogP contribution in [-0.4, -0.2) is 25.9 Å². The van der Waals surface area contributed by atoms with Crippen molar-refractivity contribution < 1.29 is 43.0 Å². The Labute approximate surface area is 157 Å². The van der Waals surface area contributed by atoms with E-state index in [0.29, 0.717) is 21.9 Å². The fourth-order valence-electron chi connectivity index (χ4n) is 1.45. The van der Waals surface area contributed by atoms with Crippen LogP contribution in [0.15, 0.2) is 71.5 Å². The zero-order chi connectivity index (χ0) is 18.1. The minimum absolute atomic E-state index is 0. The summed E-state index contributed by atoms with van der Waals surface area (Å²) in [7, 11) is -8.51. The van der Waals surface area contributed by atoms with E-state index in [1.807, 2.05) is 12.1 Å². The first-order valence-corrected chi connectivity index (χ1v) is 9.48. The van der Waals surface area contributed by atoms with E-state index in [2.05, 4.69) is 0 Å². The van der Waals surface area contributed by atoms with E-state index in [-0.39, 0.29) is 17.1 Å². The van der Waals surface area contributed by atoms with Gasteiger partial charge in [0.25, 0.3) is 0 Å². The molecule has 134 valence electrons. The molecule has 25 heavy (non-hydrogen) atoms. The Morgan fingerprint density at radius 1 is 0.600 bits per heavy atom. The monoisotopic (exact) mass is 422 g/mol. The molecule has 0 spiro atoms. The molecular weight excluding hydrogens is 408 g/mol. The van der Waals surface area contributed by atoms with Gasteiger partial charge in [0.15, 0.2) is 0 Å². The smallest absolute Gasteiger partial charge is 0.744 e. The van der Waals surface area contributed by atoms with Crippen molar-refractivity contribution in [1.29, 1.82) is 0 Å². The molecule has 0 aliphatic rings. The van der Waals surface area contributed by atoms with Crippen LogP contribution < -0.4 is 0 Å². The third kappa shape index (κ3) is 13.2. The Hall–Kier alpha value is -1.74. The van der Waals surface area contributed by atoms with Crippen LogP contribution in [0.5, 0.6) is 0 Å². The van der Waals surface area contributed by atoms with Crippen LogP contribution in [0.1, 0.15) is 11.1 Å². The van der Waals surface area contributed by atoms with Crippen molar-refractivity contribution in [2.24, 2.45) is 0 Å². The summed E-state index contributed by atoms with van der Waals surface area (Å²) in [5.41, 5.74) is 1.38. The van der Waals surface area contributed by atoms with E-state index >= 15 is 0 Å². The first-order valence-electron chi connectivity index (χ1n) is 6.54. The van der Waals surface area contributed by atoms with Gasteiger partial charge in [-0.3, -0.25) is 0 Å². The molecule has 0 aromatic heterocycles. The maximum Gasteiger partial charge on any atom is 2.00 e. The quantitative estimate of drug-likeness (QED) is 0.552. The van der Waals surface area contributed by atoms with Gasteiger partial charge in [-0.05, 0) is 23.3 Å². The molecule has 0 N–H and O–H groups in total. The Morgan fingerprint density at radius 3 is 1.12 bits per heavy atom. The Bertz CT molecular complexity index is 813. The van der Waals surface area contributed by atoms with Crippen LogP contribution in [0.3, 0.4) is 0 Å². The topological polar surface area (TPSA) is 114 Å². The van der Waals surface area contributed by atoms with Crippen molar-refractivity contribution in [3.05, 3.63) is 82.6 Å². The van der Waals surface area contributed by atoms with Crippen LogP contribution in [0.2, 0.25) is 0 Å². The largest absolute Gasteiger partial charge is 2.00 e. The van der Waals surface area contributed by atoms with Crippen molar-refractivity contribution in [3.63, 3.8) is 0 Å². The summed E-state index contributed by atoms with van der Waals surface area (Å²) in [5, 5.41) is 1.28. The second-order valence-corrected chi connectivity index (χ2v) is 6.93. The average Bonchev–Trinajstić information content (AvgIpc) is 2.52. The van der Waals surface area contributed by atoms with E-state index in [0.717, 1.165) is 0 Å². The summed E-state index contributed by atoms with van der Waals surface area (Å²) in [6.07, 6.45) is 2.53. The van der Waals surface area contributed by atoms with Gasteiger partial charge in [-0.15, -0.1) is 0 Å². The van der Waals surface area contributed by atoms with Crippen molar-refractivity contribution in [2.45, 2.75) is 0 Å². The Balaban J connectivity index is 0.000000443. The minimum atomic E-state index is -4.25. The molecule has 0 aliphatic carbocycles. The molecule has 0 saturated heterocycles. The molecule has 0 atom stereocenters. The van der Waals surface area contributed by atoms with Gasteiger partial charge in [0, 0.05) is 10.8 Å². The molecule has 2 aromatic carbocycles. The van der Waals surface area contributed by atoms with Gasteiger partial charge in [-0.2, -0.15) is 0 Å². The van der Waals surface area contributed by atoms with Crippen molar-refractivity contribution >= 4 is 32.4 Å². The van der Waals surface area contributed by atoms with Crippen LogP contribution in [0.25, 0.3) is 12.2 Å². The summed E-state index contributed by atoms with van der Waals surface area (Å²) >= 11 is 0. The number of benzene rings is 2. The van der Waals surface area contributed by atoms with E-state index in [9.17, 15) is 25.9 Å². The molecule has 0 aliphatic heterocycles. The summed E-state index contributed by atoms with van der Waals surface area (Å²) in [4.78, 5) is 0. The molecule has 0 heterocycles. The predicted octanol–water partition coefficient (Wildman–Crippen LogP) is 2.40.